The molecule has 1 aromatic heterocycles. The number of nitrogens with zero attached hydrogens (tertiary/aromatic N) is 2. The normalized spacial score (nSPS) is 17.8. The molecule has 0 bridgehead atoms. The number of carboxylic acid groups (broad SMARTS) is 1. The van der Waals surface area contributed by atoms with E-state index in [1.807, 2.05) is 13.8 Å². The number of likely N-dealkylation sites (tertiary alicyclic amines) is 1. The number of likely N-dealkylation sites (N-methyl/N-ethyl adjacent to an activating group) is 1. The number of aryl methyl sites for hydroxylation is 1. The fraction of sp³-hybridized carbons (Fsp3) is 0.545. The monoisotopic (exact) mass is 208 g/mol. The SMILES string of the molecule is Cc1cc(C(=O)O)c(C)n1C1CN(C)C1. The zero-order valence-corrected chi connectivity index (χ0v) is 9.32. The number of aromatic carboxylic acids is 1. The van der Waals surface area contributed by atoms with Crippen molar-refractivity contribution in [1.82, 2.24) is 9.47 Å². The van der Waals surface area contributed by atoms with Gasteiger partial charge in [-0.15, -0.1) is 0 Å². The van der Waals surface area contributed by atoms with Crippen molar-refractivity contribution in [3.05, 3.63) is 23.0 Å². The van der Waals surface area contributed by atoms with Crippen LogP contribution in [0.25, 0.3) is 0 Å². The minimum Gasteiger partial charge on any atom is -0.478 e. The predicted octanol–water partition coefficient (Wildman–Crippen LogP) is 1.29. The van der Waals surface area contributed by atoms with Crippen molar-refractivity contribution in [3.8, 4) is 0 Å². The van der Waals surface area contributed by atoms with Crippen molar-refractivity contribution in [3.63, 3.8) is 0 Å². The Morgan fingerprint density at radius 3 is 2.47 bits per heavy atom. The lowest BCUT2D eigenvalue weighted by Gasteiger charge is -2.38. The molecule has 0 unspecified atom stereocenters. The molecule has 2 heterocycles. The molecule has 4 nitrogen and oxygen atoms in total. The molecule has 2 rings (SSSR count). The van der Waals surface area contributed by atoms with Crippen molar-refractivity contribution >= 4 is 5.97 Å². The molecule has 1 aromatic rings. The highest BCUT2D eigenvalue weighted by molar-refractivity contribution is 5.89. The van der Waals surface area contributed by atoms with Crippen LogP contribution in [-0.2, 0) is 0 Å². The molecule has 82 valence electrons. The van der Waals surface area contributed by atoms with Crippen LogP contribution in [-0.4, -0.2) is 40.7 Å². The number of hydrogen-bond donors (Lipinski definition) is 1. The second-order valence-corrected chi connectivity index (χ2v) is 4.33. The summed E-state index contributed by atoms with van der Waals surface area (Å²) in [5, 5.41) is 9.00. The number of hydrogen-bond acceptors (Lipinski definition) is 2. The summed E-state index contributed by atoms with van der Waals surface area (Å²) in [7, 11) is 2.07. The van der Waals surface area contributed by atoms with E-state index in [4.69, 9.17) is 5.11 Å². The molecule has 0 amide bonds. The van der Waals surface area contributed by atoms with Gasteiger partial charge in [0.1, 0.15) is 0 Å². The molecule has 0 aromatic carbocycles. The Hall–Kier alpha value is -1.29. The molecule has 0 radical (unpaired) electrons. The van der Waals surface area contributed by atoms with Gasteiger partial charge in [0, 0.05) is 24.5 Å². The summed E-state index contributed by atoms with van der Waals surface area (Å²) in [6.07, 6.45) is 0. The van der Waals surface area contributed by atoms with Gasteiger partial charge in [-0.05, 0) is 27.0 Å². The first-order valence-corrected chi connectivity index (χ1v) is 5.11. The van der Waals surface area contributed by atoms with Gasteiger partial charge in [-0.25, -0.2) is 4.79 Å². The lowest BCUT2D eigenvalue weighted by Crippen LogP contribution is -2.45. The Kier molecular flexibility index (Phi) is 2.31. The van der Waals surface area contributed by atoms with Crippen LogP contribution in [0.4, 0.5) is 0 Å². The molecule has 1 fully saturated rings. The fourth-order valence-electron chi connectivity index (χ4n) is 2.38. The molecule has 4 heteroatoms. The summed E-state index contributed by atoms with van der Waals surface area (Å²) < 4.78 is 2.14. The zero-order chi connectivity index (χ0) is 11.2. The number of rotatable bonds is 2. The molecule has 1 aliphatic heterocycles. The molecular formula is C11H16N2O2. The van der Waals surface area contributed by atoms with E-state index >= 15 is 0 Å². The van der Waals surface area contributed by atoms with Crippen LogP contribution < -0.4 is 0 Å². The van der Waals surface area contributed by atoms with Crippen molar-refractivity contribution in [1.29, 1.82) is 0 Å². The van der Waals surface area contributed by atoms with Crippen LogP contribution in [0.15, 0.2) is 6.07 Å². The van der Waals surface area contributed by atoms with Crippen LogP contribution in [0.1, 0.15) is 27.8 Å². The maximum Gasteiger partial charge on any atom is 0.337 e. The quantitative estimate of drug-likeness (QED) is 0.796. The van der Waals surface area contributed by atoms with Crippen molar-refractivity contribution in [2.45, 2.75) is 19.9 Å². The van der Waals surface area contributed by atoms with Crippen LogP contribution in [0.2, 0.25) is 0 Å². The van der Waals surface area contributed by atoms with Gasteiger partial charge in [0.2, 0.25) is 0 Å². The first-order chi connectivity index (χ1) is 7.00. The van der Waals surface area contributed by atoms with E-state index in [-0.39, 0.29) is 0 Å². The maximum atomic E-state index is 11.0. The lowest BCUT2D eigenvalue weighted by atomic mass is 10.1. The highest BCUT2D eigenvalue weighted by atomic mass is 16.4. The molecule has 0 saturated carbocycles. The van der Waals surface area contributed by atoms with E-state index in [1.54, 1.807) is 6.07 Å². The summed E-state index contributed by atoms with van der Waals surface area (Å²) in [4.78, 5) is 13.2. The van der Waals surface area contributed by atoms with Gasteiger partial charge in [0.05, 0.1) is 11.6 Å². The number of carboxylic acids is 1. The van der Waals surface area contributed by atoms with E-state index < -0.39 is 5.97 Å². The summed E-state index contributed by atoms with van der Waals surface area (Å²) in [5.74, 6) is -0.831. The van der Waals surface area contributed by atoms with Crippen LogP contribution >= 0.6 is 0 Å². The zero-order valence-electron chi connectivity index (χ0n) is 9.32. The molecule has 15 heavy (non-hydrogen) atoms. The second-order valence-electron chi connectivity index (χ2n) is 4.33. The van der Waals surface area contributed by atoms with Gasteiger partial charge in [0.15, 0.2) is 0 Å². The van der Waals surface area contributed by atoms with Crippen molar-refractivity contribution < 1.29 is 9.90 Å². The van der Waals surface area contributed by atoms with Crippen LogP contribution in [0.3, 0.4) is 0 Å². The summed E-state index contributed by atoms with van der Waals surface area (Å²) in [5.41, 5.74) is 2.35. The van der Waals surface area contributed by atoms with E-state index in [0.717, 1.165) is 24.5 Å². The van der Waals surface area contributed by atoms with E-state index in [2.05, 4.69) is 16.5 Å². The Morgan fingerprint density at radius 1 is 1.47 bits per heavy atom. The fourth-order valence-corrected chi connectivity index (χ4v) is 2.38. The average molecular weight is 208 g/mol. The van der Waals surface area contributed by atoms with E-state index in [1.165, 1.54) is 0 Å². The topological polar surface area (TPSA) is 45.5 Å². The lowest BCUT2D eigenvalue weighted by molar-refractivity contribution is 0.0695. The third-order valence-corrected chi connectivity index (χ3v) is 3.12. The molecule has 0 atom stereocenters. The van der Waals surface area contributed by atoms with Gasteiger partial charge in [-0.2, -0.15) is 0 Å². The molecule has 0 spiro atoms. The summed E-state index contributed by atoms with van der Waals surface area (Å²) in [6.45, 7) is 5.87. The Labute approximate surface area is 89.1 Å². The first kappa shape index (κ1) is 10.2. The van der Waals surface area contributed by atoms with Gasteiger partial charge in [0.25, 0.3) is 0 Å². The van der Waals surface area contributed by atoms with Crippen LogP contribution in [0.5, 0.6) is 0 Å². The highest BCUT2D eigenvalue weighted by Gasteiger charge is 2.28. The van der Waals surface area contributed by atoms with E-state index in [0.29, 0.717) is 11.6 Å². The third-order valence-electron chi connectivity index (χ3n) is 3.12. The smallest absolute Gasteiger partial charge is 0.337 e. The summed E-state index contributed by atoms with van der Waals surface area (Å²) >= 11 is 0. The molecular weight excluding hydrogens is 192 g/mol. The largest absolute Gasteiger partial charge is 0.478 e. The Morgan fingerprint density at radius 2 is 2.07 bits per heavy atom. The minimum absolute atomic E-state index is 0.432. The van der Waals surface area contributed by atoms with Gasteiger partial charge >= 0.3 is 5.97 Å². The highest BCUT2D eigenvalue weighted by Crippen LogP contribution is 2.26. The maximum absolute atomic E-state index is 11.0. The first-order valence-electron chi connectivity index (χ1n) is 5.11. The standard InChI is InChI=1S/C11H16N2O2/c1-7-4-10(11(14)15)8(2)13(7)9-5-12(3)6-9/h4,9H,5-6H2,1-3H3,(H,14,15). The molecule has 1 N–H and O–H groups in total. The number of carbonyl (C=O) groups is 1. The third kappa shape index (κ3) is 1.55. The Bertz CT molecular complexity index is 403. The second kappa shape index (κ2) is 3.38. The van der Waals surface area contributed by atoms with Crippen molar-refractivity contribution in [2.75, 3.05) is 20.1 Å². The molecule has 1 saturated heterocycles. The van der Waals surface area contributed by atoms with Gasteiger partial charge in [-0.3, -0.25) is 0 Å². The van der Waals surface area contributed by atoms with Crippen molar-refractivity contribution in [2.24, 2.45) is 0 Å². The molecule has 1 aliphatic rings. The van der Waals surface area contributed by atoms with E-state index in [9.17, 15) is 4.79 Å². The van der Waals surface area contributed by atoms with Gasteiger partial charge in [-0.1, -0.05) is 0 Å². The number of aromatic nitrogens is 1. The summed E-state index contributed by atoms with van der Waals surface area (Å²) in [6, 6.07) is 2.21. The average Bonchev–Trinajstić information content (AvgIpc) is 2.38. The predicted molar refractivity (Wildman–Crippen MR) is 57.4 cm³/mol. The van der Waals surface area contributed by atoms with Crippen LogP contribution in [0, 0.1) is 13.8 Å². The minimum atomic E-state index is -0.831. The van der Waals surface area contributed by atoms with Gasteiger partial charge < -0.3 is 14.6 Å². The molecule has 0 aliphatic carbocycles. The Balaban J connectivity index is 2.35.